The van der Waals surface area contributed by atoms with Gasteiger partial charge in [0.15, 0.2) is 0 Å². The fraction of sp³-hybridized carbons (Fsp3) is 0.458. The van der Waals surface area contributed by atoms with Gasteiger partial charge in [-0.25, -0.2) is 0 Å². The first-order valence-electron chi connectivity index (χ1n) is 10.6. The smallest absolute Gasteiger partial charge is 0.238 e. The zero-order valence-electron chi connectivity index (χ0n) is 17.1. The summed E-state index contributed by atoms with van der Waals surface area (Å²) in [4.78, 5) is 20.5. The van der Waals surface area contributed by atoms with Gasteiger partial charge in [-0.3, -0.25) is 9.69 Å². The molecule has 152 valence electrons. The molecule has 2 fully saturated rings. The predicted octanol–water partition coefficient (Wildman–Crippen LogP) is 3.75. The molecule has 1 amide bonds. The van der Waals surface area contributed by atoms with Crippen LogP contribution in [-0.4, -0.2) is 62.0 Å². The molecule has 1 saturated heterocycles. The molecule has 3 aliphatic rings. The monoisotopic (exact) mass is 409 g/mol. The van der Waals surface area contributed by atoms with Crippen molar-refractivity contribution in [3.05, 3.63) is 64.7 Å². The fourth-order valence-electron chi connectivity index (χ4n) is 5.35. The first-order valence-corrected chi connectivity index (χ1v) is 10.9. The van der Waals surface area contributed by atoms with Gasteiger partial charge in [-0.2, -0.15) is 0 Å². The summed E-state index contributed by atoms with van der Waals surface area (Å²) in [7, 11) is 4.31. The van der Waals surface area contributed by atoms with E-state index < -0.39 is 0 Å². The minimum atomic E-state index is -0.373. The highest BCUT2D eigenvalue weighted by molar-refractivity contribution is 6.30. The number of halogens is 1. The molecule has 5 heteroatoms. The number of likely N-dealkylation sites (N-methyl/N-ethyl adjacent to an activating group) is 1. The van der Waals surface area contributed by atoms with Gasteiger partial charge in [0.2, 0.25) is 5.91 Å². The second-order valence-electron chi connectivity index (χ2n) is 8.96. The largest absolute Gasteiger partial charge is 0.310 e. The van der Waals surface area contributed by atoms with Crippen LogP contribution in [0.4, 0.5) is 5.69 Å². The summed E-state index contributed by atoms with van der Waals surface area (Å²) in [6.07, 6.45) is 2.10. The predicted molar refractivity (Wildman–Crippen MR) is 118 cm³/mol. The molecule has 2 heterocycles. The van der Waals surface area contributed by atoms with Gasteiger partial charge in [-0.05, 0) is 62.8 Å². The lowest BCUT2D eigenvalue weighted by Crippen LogP contribution is -2.40. The molecule has 2 aromatic rings. The van der Waals surface area contributed by atoms with Crippen LogP contribution >= 0.6 is 11.6 Å². The van der Waals surface area contributed by atoms with E-state index in [0.29, 0.717) is 6.04 Å². The lowest BCUT2D eigenvalue weighted by molar-refractivity contribution is -0.120. The molecule has 1 spiro atoms. The zero-order valence-corrected chi connectivity index (χ0v) is 17.9. The number of hydrogen-bond acceptors (Lipinski definition) is 3. The van der Waals surface area contributed by atoms with Crippen molar-refractivity contribution in [2.24, 2.45) is 0 Å². The first kappa shape index (κ1) is 19.1. The Bertz CT molecular complexity index is 928. The van der Waals surface area contributed by atoms with E-state index in [1.165, 1.54) is 17.5 Å². The molecule has 5 rings (SSSR count). The highest BCUT2D eigenvalue weighted by Gasteiger charge is 2.66. The van der Waals surface area contributed by atoms with Crippen LogP contribution in [0.1, 0.15) is 29.9 Å². The summed E-state index contributed by atoms with van der Waals surface area (Å²) >= 11 is 6.07. The number of benzene rings is 2. The van der Waals surface area contributed by atoms with Gasteiger partial charge >= 0.3 is 0 Å². The van der Waals surface area contributed by atoms with Crippen molar-refractivity contribution in [1.82, 2.24) is 9.80 Å². The molecule has 0 radical (unpaired) electrons. The third kappa shape index (κ3) is 3.09. The molecule has 2 aromatic carbocycles. The van der Waals surface area contributed by atoms with E-state index in [1.807, 2.05) is 17.0 Å². The molecule has 0 bridgehead atoms. The lowest BCUT2D eigenvalue weighted by atomic mass is 9.92. The Morgan fingerprint density at radius 3 is 2.59 bits per heavy atom. The molecule has 1 saturated carbocycles. The maximum absolute atomic E-state index is 13.6. The molecule has 0 N–H and O–H groups in total. The van der Waals surface area contributed by atoms with Crippen LogP contribution in [0, 0.1) is 0 Å². The van der Waals surface area contributed by atoms with Crippen LogP contribution in [0.3, 0.4) is 0 Å². The third-order valence-corrected chi connectivity index (χ3v) is 7.41. The van der Waals surface area contributed by atoms with Crippen LogP contribution in [0.5, 0.6) is 0 Å². The third-order valence-electron chi connectivity index (χ3n) is 7.15. The second-order valence-corrected chi connectivity index (χ2v) is 9.40. The maximum atomic E-state index is 13.6. The van der Waals surface area contributed by atoms with Gasteiger partial charge in [0, 0.05) is 42.3 Å². The van der Waals surface area contributed by atoms with Crippen molar-refractivity contribution in [3.8, 4) is 0 Å². The van der Waals surface area contributed by atoms with Gasteiger partial charge in [-0.15, -0.1) is 0 Å². The zero-order chi connectivity index (χ0) is 20.2. The minimum absolute atomic E-state index is 0.253. The minimum Gasteiger partial charge on any atom is -0.310 e. The van der Waals surface area contributed by atoms with Crippen LogP contribution < -0.4 is 4.90 Å². The van der Waals surface area contributed by atoms with Crippen molar-refractivity contribution in [2.45, 2.75) is 30.2 Å². The number of nitrogens with zero attached hydrogens (tertiary/aromatic N) is 3. The van der Waals surface area contributed by atoms with Crippen LogP contribution in [0.25, 0.3) is 0 Å². The van der Waals surface area contributed by atoms with Crippen molar-refractivity contribution < 1.29 is 4.79 Å². The van der Waals surface area contributed by atoms with E-state index >= 15 is 0 Å². The number of fused-ring (bicyclic) bond motifs is 2. The Kier molecular flexibility index (Phi) is 4.69. The highest BCUT2D eigenvalue weighted by Crippen LogP contribution is 2.66. The van der Waals surface area contributed by atoms with Crippen molar-refractivity contribution in [3.63, 3.8) is 0 Å². The Morgan fingerprint density at radius 2 is 1.86 bits per heavy atom. The second kappa shape index (κ2) is 7.12. The average Bonchev–Trinajstić information content (AvgIpc) is 3.20. The maximum Gasteiger partial charge on any atom is 0.238 e. The average molecular weight is 410 g/mol. The molecular formula is C24H28ClN3O. The summed E-state index contributed by atoms with van der Waals surface area (Å²) < 4.78 is 0. The van der Waals surface area contributed by atoms with Gasteiger partial charge in [0.05, 0.1) is 5.41 Å². The van der Waals surface area contributed by atoms with Crippen LogP contribution in [0.15, 0.2) is 48.5 Å². The normalized spacial score (nSPS) is 28.6. The van der Waals surface area contributed by atoms with E-state index in [1.54, 1.807) is 0 Å². The number of anilines is 1. The number of para-hydroxylation sites is 1. The van der Waals surface area contributed by atoms with E-state index in [9.17, 15) is 4.79 Å². The van der Waals surface area contributed by atoms with Gasteiger partial charge in [0.25, 0.3) is 0 Å². The van der Waals surface area contributed by atoms with Crippen LogP contribution in [0.2, 0.25) is 5.02 Å². The molecule has 2 aliphatic heterocycles. The van der Waals surface area contributed by atoms with Crippen molar-refractivity contribution in [2.75, 3.05) is 45.2 Å². The Labute approximate surface area is 178 Å². The van der Waals surface area contributed by atoms with E-state index in [4.69, 9.17) is 11.6 Å². The molecule has 4 nitrogen and oxygen atoms in total. The Hall–Kier alpha value is -1.88. The molecule has 29 heavy (non-hydrogen) atoms. The summed E-state index contributed by atoms with van der Waals surface area (Å²) in [5, 5.41) is 0.741. The SMILES string of the molecule is CN(C)[C@H]1CCN(CCN2C(=O)[C@]3(C[C@@H]3c3ccc(Cl)cc3)c3ccccc32)C1. The number of rotatable bonds is 5. The summed E-state index contributed by atoms with van der Waals surface area (Å²) in [5.74, 6) is 0.533. The van der Waals surface area contributed by atoms with E-state index in [0.717, 1.165) is 43.3 Å². The summed E-state index contributed by atoms with van der Waals surface area (Å²) in [6, 6.07) is 17.0. The summed E-state index contributed by atoms with van der Waals surface area (Å²) in [6.45, 7) is 3.91. The highest BCUT2D eigenvalue weighted by atomic mass is 35.5. The number of amides is 1. The van der Waals surface area contributed by atoms with Gasteiger partial charge in [0.1, 0.15) is 0 Å². The van der Waals surface area contributed by atoms with Crippen LogP contribution in [-0.2, 0) is 10.2 Å². The van der Waals surface area contributed by atoms with E-state index in [-0.39, 0.29) is 17.2 Å². The lowest BCUT2D eigenvalue weighted by Gasteiger charge is -2.24. The van der Waals surface area contributed by atoms with Gasteiger partial charge < -0.3 is 9.80 Å². The number of carbonyl (C=O) groups excluding carboxylic acids is 1. The Balaban J connectivity index is 1.36. The van der Waals surface area contributed by atoms with Crippen molar-refractivity contribution >= 4 is 23.2 Å². The molecule has 0 aromatic heterocycles. The van der Waals surface area contributed by atoms with E-state index in [2.05, 4.69) is 60.3 Å². The standard InChI is InChI=1S/C24H28ClN3O/c1-26(2)19-11-12-27(16-19)13-14-28-22-6-4-3-5-20(22)24(23(28)29)15-21(24)17-7-9-18(25)10-8-17/h3-10,19,21H,11-16H2,1-2H3/t19-,21+,24+/m0/s1. The number of carbonyl (C=O) groups is 1. The topological polar surface area (TPSA) is 26.8 Å². The van der Waals surface area contributed by atoms with Gasteiger partial charge in [-0.1, -0.05) is 41.9 Å². The first-order chi connectivity index (χ1) is 14.0. The van der Waals surface area contributed by atoms with Crippen molar-refractivity contribution in [1.29, 1.82) is 0 Å². The molecule has 1 aliphatic carbocycles. The molecular weight excluding hydrogens is 382 g/mol. The molecule has 3 atom stereocenters. The quantitative estimate of drug-likeness (QED) is 0.752. The Morgan fingerprint density at radius 1 is 1.10 bits per heavy atom. The number of hydrogen-bond donors (Lipinski definition) is 0. The molecule has 0 unspecified atom stereocenters. The summed E-state index contributed by atoms with van der Waals surface area (Å²) in [5.41, 5.74) is 3.16. The number of likely N-dealkylation sites (tertiary alicyclic amines) is 1. The fourth-order valence-corrected chi connectivity index (χ4v) is 5.47.